The Morgan fingerprint density at radius 2 is 2.16 bits per heavy atom. The summed E-state index contributed by atoms with van der Waals surface area (Å²) in [7, 11) is 1.66. The SMILES string of the molecule is CCOc1ccccc1C(=O)N(C)CC/C(N)=N/O. The molecule has 0 bridgehead atoms. The van der Waals surface area contributed by atoms with Gasteiger partial charge in [-0.3, -0.25) is 4.79 Å². The number of hydrogen-bond donors (Lipinski definition) is 2. The van der Waals surface area contributed by atoms with E-state index in [1.54, 1.807) is 25.2 Å². The minimum absolute atomic E-state index is 0.0951. The molecule has 0 unspecified atom stereocenters. The first-order valence-electron chi connectivity index (χ1n) is 6.03. The topological polar surface area (TPSA) is 88.2 Å². The van der Waals surface area contributed by atoms with Crippen molar-refractivity contribution in [2.24, 2.45) is 10.9 Å². The van der Waals surface area contributed by atoms with Crippen molar-refractivity contribution in [3.63, 3.8) is 0 Å². The molecule has 6 nitrogen and oxygen atoms in total. The first kappa shape index (κ1) is 14.8. The molecule has 19 heavy (non-hydrogen) atoms. The summed E-state index contributed by atoms with van der Waals surface area (Å²) in [5.74, 6) is 0.498. The summed E-state index contributed by atoms with van der Waals surface area (Å²) in [6, 6.07) is 7.08. The van der Waals surface area contributed by atoms with E-state index in [-0.39, 0.29) is 11.7 Å². The van der Waals surface area contributed by atoms with Crippen molar-refractivity contribution in [2.75, 3.05) is 20.2 Å². The fourth-order valence-corrected chi connectivity index (χ4v) is 1.56. The number of hydrogen-bond acceptors (Lipinski definition) is 4. The van der Waals surface area contributed by atoms with Gasteiger partial charge in [-0.15, -0.1) is 0 Å². The monoisotopic (exact) mass is 265 g/mol. The number of amidine groups is 1. The van der Waals surface area contributed by atoms with Gasteiger partial charge in [0.05, 0.1) is 12.2 Å². The first-order chi connectivity index (χ1) is 9.10. The molecule has 1 aromatic carbocycles. The summed E-state index contributed by atoms with van der Waals surface area (Å²) >= 11 is 0. The fourth-order valence-electron chi connectivity index (χ4n) is 1.56. The van der Waals surface area contributed by atoms with E-state index in [9.17, 15) is 4.79 Å². The molecule has 104 valence electrons. The van der Waals surface area contributed by atoms with Gasteiger partial charge in [-0.1, -0.05) is 17.3 Å². The van der Waals surface area contributed by atoms with Gasteiger partial charge in [0.2, 0.25) is 0 Å². The number of ether oxygens (including phenoxy) is 1. The predicted molar refractivity (Wildman–Crippen MR) is 72.6 cm³/mol. The Bertz CT molecular complexity index is 460. The number of carbonyl (C=O) groups is 1. The number of carbonyl (C=O) groups excluding carboxylic acids is 1. The second-order valence-electron chi connectivity index (χ2n) is 4.00. The molecule has 0 fully saturated rings. The summed E-state index contributed by atoms with van der Waals surface area (Å²) in [4.78, 5) is 13.8. The van der Waals surface area contributed by atoms with Gasteiger partial charge in [0.1, 0.15) is 11.6 Å². The molecule has 0 aliphatic heterocycles. The number of rotatable bonds is 6. The molecule has 0 heterocycles. The molecule has 0 atom stereocenters. The van der Waals surface area contributed by atoms with Gasteiger partial charge in [-0.05, 0) is 19.1 Å². The van der Waals surface area contributed by atoms with Crippen LogP contribution in [0.5, 0.6) is 5.75 Å². The Morgan fingerprint density at radius 1 is 1.47 bits per heavy atom. The van der Waals surface area contributed by atoms with Gasteiger partial charge < -0.3 is 20.6 Å². The van der Waals surface area contributed by atoms with E-state index < -0.39 is 0 Å². The second-order valence-corrected chi connectivity index (χ2v) is 4.00. The molecule has 1 amide bonds. The maximum atomic E-state index is 12.2. The summed E-state index contributed by atoms with van der Waals surface area (Å²) in [5, 5.41) is 11.3. The molecule has 0 aromatic heterocycles. The third kappa shape index (κ3) is 4.17. The van der Waals surface area contributed by atoms with Crippen LogP contribution in [0.25, 0.3) is 0 Å². The Hall–Kier alpha value is -2.24. The van der Waals surface area contributed by atoms with Crippen LogP contribution in [-0.2, 0) is 0 Å². The molecule has 1 rings (SSSR count). The standard InChI is InChI=1S/C13H19N3O3/c1-3-19-11-7-5-4-6-10(11)13(17)16(2)9-8-12(14)15-18/h4-7,18H,3,8-9H2,1-2H3,(H2,14,15). The van der Waals surface area contributed by atoms with Gasteiger partial charge in [0.15, 0.2) is 0 Å². The summed E-state index contributed by atoms with van der Waals surface area (Å²) in [5.41, 5.74) is 5.88. The molecular weight excluding hydrogens is 246 g/mol. The van der Waals surface area contributed by atoms with Gasteiger partial charge in [-0.2, -0.15) is 0 Å². The lowest BCUT2D eigenvalue weighted by Crippen LogP contribution is -2.30. The zero-order chi connectivity index (χ0) is 14.3. The maximum absolute atomic E-state index is 12.2. The second kappa shape index (κ2) is 7.25. The van der Waals surface area contributed by atoms with Gasteiger partial charge in [-0.25, -0.2) is 0 Å². The molecule has 0 spiro atoms. The van der Waals surface area contributed by atoms with E-state index in [1.165, 1.54) is 4.90 Å². The van der Waals surface area contributed by atoms with Gasteiger partial charge >= 0.3 is 0 Å². The molecule has 1 aromatic rings. The smallest absolute Gasteiger partial charge is 0.257 e. The average Bonchev–Trinajstić information content (AvgIpc) is 2.44. The van der Waals surface area contributed by atoms with Crippen LogP contribution in [0.4, 0.5) is 0 Å². The third-order valence-corrected chi connectivity index (χ3v) is 2.60. The number of nitrogens with two attached hydrogens (primary N) is 1. The lowest BCUT2D eigenvalue weighted by atomic mass is 10.1. The van der Waals surface area contributed by atoms with Crippen molar-refractivity contribution in [2.45, 2.75) is 13.3 Å². The Labute approximate surface area is 112 Å². The molecule has 0 saturated carbocycles. The highest BCUT2D eigenvalue weighted by Crippen LogP contribution is 2.19. The van der Waals surface area contributed by atoms with E-state index >= 15 is 0 Å². The van der Waals surface area contributed by atoms with Crippen LogP contribution in [0, 0.1) is 0 Å². The van der Waals surface area contributed by atoms with E-state index in [2.05, 4.69) is 5.16 Å². The van der Waals surface area contributed by atoms with Crippen molar-refractivity contribution in [1.82, 2.24) is 4.90 Å². The van der Waals surface area contributed by atoms with Crippen LogP contribution in [-0.4, -0.2) is 42.0 Å². The van der Waals surface area contributed by atoms with Crippen molar-refractivity contribution < 1.29 is 14.7 Å². The number of oxime groups is 1. The molecule has 0 aliphatic rings. The summed E-state index contributed by atoms with van der Waals surface area (Å²) in [6.07, 6.45) is 0.315. The fraction of sp³-hybridized carbons (Fsp3) is 0.385. The zero-order valence-corrected chi connectivity index (χ0v) is 11.2. The van der Waals surface area contributed by atoms with E-state index in [0.29, 0.717) is 30.9 Å². The average molecular weight is 265 g/mol. The van der Waals surface area contributed by atoms with Crippen molar-refractivity contribution in [1.29, 1.82) is 0 Å². The first-order valence-corrected chi connectivity index (χ1v) is 6.03. The van der Waals surface area contributed by atoms with Crippen molar-refractivity contribution >= 4 is 11.7 Å². The lowest BCUT2D eigenvalue weighted by Gasteiger charge is -2.18. The largest absolute Gasteiger partial charge is 0.493 e. The number of nitrogens with zero attached hydrogens (tertiary/aromatic N) is 2. The van der Waals surface area contributed by atoms with E-state index in [1.807, 2.05) is 13.0 Å². The molecule has 0 radical (unpaired) electrons. The summed E-state index contributed by atoms with van der Waals surface area (Å²) < 4.78 is 5.42. The number of amides is 1. The molecule has 0 aliphatic carbocycles. The minimum atomic E-state index is -0.158. The Morgan fingerprint density at radius 3 is 2.79 bits per heavy atom. The Balaban J connectivity index is 2.76. The van der Waals surface area contributed by atoms with Crippen LogP contribution >= 0.6 is 0 Å². The quantitative estimate of drug-likeness (QED) is 0.351. The van der Waals surface area contributed by atoms with Crippen LogP contribution < -0.4 is 10.5 Å². The van der Waals surface area contributed by atoms with Crippen LogP contribution in [0.3, 0.4) is 0 Å². The molecule has 6 heteroatoms. The van der Waals surface area contributed by atoms with Crippen molar-refractivity contribution in [3.05, 3.63) is 29.8 Å². The zero-order valence-electron chi connectivity index (χ0n) is 11.2. The minimum Gasteiger partial charge on any atom is -0.493 e. The normalized spacial score (nSPS) is 11.2. The highest BCUT2D eigenvalue weighted by atomic mass is 16.5. The van der Waals surface area contributed by atoms with E-state index in [0.717, 1.165) is 0 Å². The third-order valence-electron chi connectivity index (χ3n) is 2.60. The number of para-hydroxylation sites is 1. The highest BCUT2D eigenvalue weighted by molar-refractivity contribution is 5.97. The number of benzene rings is 1. The van der Waals surface area contributed by atoms with Crippen LogP contribution in [0.15, 0.2) is 29.4 Å². The van der Waals surface area contributed by atoms with E-state index in [4.69, 9.17) is 15.7 Å². The van der Waals surface area contributed by atoms with Crippen LogP contribution in [0.2, 0.25) is 0 Å². The summed E-state index contributed by atoms with van der Waals surface area (Å²) in [6.45, 7) is 2.73. The van der Waals surface area contributed by atoms with Gasteiger partial charge in [0, 0.05) is 20.0 Å². The highest BCUT2D eigenvalue weighted by Gasteiger charge is 2.16. The molecular formula is C13H19N3O3. The van der Waals surface area contributed by atoms with Crippen LogP contribution in [0.1, 0.15) is 23.7 Å². The van der Waals surface area contributed by atoms with Gasteiger partial charge in [0.25, 0.3) is 5.91 Å². The maximum Gasteiger partial charge on any atom is 0.257 e. The van der Waals surface area contributed by atoms with Crippen molar-refractivity contribution in [3.8, 4) is 5.75 Å². The molecule has 0 saturated heterocycles. The predicted octanol–water partition coefficient (Wildman–Crippen LogP) is 1.29. The lowest BCUT2D eigenvalue weighted by molar-refractivity contribution is 0.0794. The molecule has 3 N–H and O–H groups in total. The Kier molecular flexibility index (Phi) is 5.66.